The Hall–Kier alpha value is -1.03. The molecule has 90 valence electrons. The van der Waals surface area contributed by atoms with E-state index in [2.05, 4.69) is 39.4 Å². The summed E-state index contributed by atoms with van der Waals surface area (Å²) in [7, 11) is 1.86. The van der Waals surface area contributed by atoms with E-state index < -0.39 is 0 Å². The molecule has 1 heterocycles. The molecule has 1 atom stereocenters. The Morgan fingerprint density at radius 2 is 2.29 bits per heavy atom. The average molecular weight is 295 g/mol. The first-order valence-corrected chi connectivity index (χ1v) is 6.68. The SMILES string of the molecule is CN1CC2(CCc3c(Br)cccc3C2)NC1=O. The predicted octanol–water partition coefficient (Wildman–Crippen LogP) is 2.33. The maximum Gasteiger partial charge on any atom is 0.317 e. The van der Waals surface area contributed by atoms with Gasteiger partial charge < -0.3 is 10.2 Å². The summed E-state index contributed by atoms with van der Waals surface area (Å²) in [6.07, 6.45) is 3.00. The van der Waals surface area contributed by atoms with Crippen LogP contribution in [0.15, 0.2) is 22.7 Å². The molecule has 0 aromatic heterocycles. The summed E-state index contributed by atoms with van der Waals surface area (Å²) in [5.74, 6) is 0. The number of rotatable bonds is 0. The van der Waals surface area contributed by atoms with E-state index in [0.29, 0.717) is 0 Å². The van der Waals surface area contributed by atoms with Crippen LogP contribution in [0.5, 0.6) is 0 Å². The zero-order chi connectivity index (χ0) is 12.0. The topological polar surface area (TPSA) is 32.3 Å². The van der Waals surface area contributed by atoms with E-state index in [1.165, 1.54) is 15.6 Å². The molecule has 3 nitrogen and oxygen atoms in total. The molecule has 1 spiro atoms. The van der Waals surface area contributed by atoms with Crippen molar-refractivity contribution in [1.29, 1.82) is 0 Å². The van der Waals surface area contributed by atoms with E-state index in [0.717, 1.165) is 25.8 Å². The predicted molar refractivity (Wildman–Crippen MR) is 70.1 cm³/mol. The number of likely N-dealkylation sites (N-methyl/N-ethyl adjacent to an activating group) is 1. The van der Waals surface area contributed by atoms with Crippen molar-refractivity contribution in [3.63, 3.8) is 0 Å². The Morgan fingerprint density at radius 1 is 1.47 bits per heavy atom. The molecule has 1 aliphatic carbocycles. The molecule has 1 aromatic carbocycles. The van der Waals surface area contributed by atoms with Crippen molar-refractivity contribution in [2.75, 3.05) is 13.6 Å². The van der Waals surface area contributed by atoms with Crippen LogP contribution in [-0.4, -0.2) is 30.1 Å². The first-order chi connectivity index (χ1) is 8.10. The molecule has 17 heavy (non-hydrogen) atoms. The highest BCUT2D eigenvalue weighted by molar-refractivity contribution is 9.10. The van der Waals surface area contributed by atoms with Crippen LogP contribution in [-0.2, 0) is 12.8 Å². The summed E-state index contributed by atoms with van der Waals surface area (Å²) in [4.78, 5) is 13.4. The fourth-order valence-electron chi connectivity index (χ4n) is 3.00. The fourth-order valence-corrected chi connectivity index (χ4v) is 3.60. The normalized spacial score (nSPS) is 27.2. The minimum Gasteiger partial charge on any atom is -0.330 e. The number of amides is 2. The van der Waals surface area contributed by atoms with Gasteiger partial charge in [-0.1, -0.05) is 28.1 Å². The molecule has 0 radical (unpaired) electrons. The third kappa shape index (κ3) is 1.75. The molecular weight excluding hydrogens is 280 g/mol. The van der Waals surface area contributed by atoms with Crippen LogP contribution in [0, 0.1) is 0 Å². The highest BCUT2D eigenvalue weighted by Gasteiger charge is 2.43. The molecule has 1 N–H and O–H groups in total. The molecule has 1 saturated heterocycles. The Kier molecular flexibility index (Phi) is 2.43. The Labute approximate surface area is 109 Å². The summed E-state index contributed by atoms with van der Waals surface area (Å²) >= 11 is 3.60. The largest absolute Gasteiger partial charge is 0.330 e. The molecule has 1 fully saturated rings. The second-order valence-electron chi connectivity index (χ2n) is 5.12. The van der Waals surface area contributed by atoms with Crippen molar-refractivity contribution >= 4 is 22.0 Å². The lowest BCUT2D eigenvalue weighted by molar-refractivity contribution is 0.225. The van der Waals surface area contributed by atoms with E-state index in [1.54, 1.807) is 4.90 Å². The number of urea groups is 1. The molecule has 1 unspecified atom stereocenters. The van der Waals surface area contributed by atoms with E-state index >= 15 is 0 Å². The highest BCUT2D eigenvalue weighted by Crippen LogP contribution is 2.35. The van der Waals surface area contributed by atoms with Crippen LogP contribution in [0.3, 0.4) is 0 Å². The van der Waals surface area contributed by atoms with Crippen LogP contribution in [0.1, 0.15) is 17.5 Å². The van der Waals surface area contributed by atoms with Gasteiger partial charge >= 0.3 is 6.03 Å². The summed E-state index contributed by atoms with van der Waals surface area (Å²) in [6.45, 7) is 0.817. The van der Waals surface area contributed by atoms with Gasteiger partial charge in [-0.3, -0.25) is 0 Å². The van der Waals surface area contributed by atoms with Crippen molar-refractivity contribution in [3.8, 4) is 0 Å². The first kappa shape index (κ1) is 11.1. The summed E-state index contributed by atoms with van der Waals surface area (Å²) in [5, 5.41) is 3.15. The number of carbonyl (C=O) groups is 1. The van der Waals surface area contributed by atoms with Crippen molar-refractivity contribution < 1.29 is 4.79 Å². The van der Waals surface area contributed by atoms with E-state index in [1.807, 2.05) is 7.05 Å². The summed E-state index contributed by atoms with van der Waals surface area (Å²) in [6, 6.07) is 6.40. The smallest absolute Gasteiger partial charge is 0.317 e. The number of fused-ring (bicyclic) bond motifs is 1. The van der Waals surface area contributed by atoms with E-state index in [9.17, 15) is 4.79 Å². The summed E-state index contributed by atoms with van der Waals surface area (Å²) in [5.41, 5.74) is 2.72. The van der Waals surface area contributed by atoms with Crippen LogP contribution >= 0.6 is 15.9 Å². The first-order valence-electron chi connectivity index (χ1n) is 5.89. The lowest BCUT2D eigenvalue weighted by Gasteiger charge is -2.34. The molecule has 0 saturated carbocycles. The van der Waals surface area contributed by atoms with Gasteiger partial charge in [0.1, 0.15) is 0 Å². The number of carbonyl (C=O) groups excluding carboxylic acids is 1. The van der Waals surface area contributed by atoms with Crippen molar-refractivity contribution in [2.24, 2.45) is 0 Å². The molecule has 1 aliphatic heterocycles. The molecule has 2 amide bonds. The second kappa shape index (κ2) is 3.73. The van der Waals surface area contributed by atoms with Gasteiger partial charge in [-0.05, 0) is 36.5 Å². The van der Waals surface area contributed by atoms with Gasteiger partial charge in [0, 0.05) is 18.1 Å². The van der Waals surface area contributed by atoms with E-state index in [-0.39, 0.29) is 11.6 Å². The highest BCUT2D eigenvalue weighted by atomic mass is 79.9. The monoisotopic (exact) mass is 294 g/mol. The van der Waals surface area contributed by atoms with Gasteiger partial charge in [-0.2, -0.15) is 0 Å². The lowest BCUT2D eigenvalue weighted by Crippen LogP contribution is -2.48. The standard InChI is InChI=1S/C13H15BrN2O/c1-16-8-13(15-12(16)17)6-5-10-9(7-13)3-2-4-11(10)14/h2-4H,5-8H2,1H3,(H,15,17). The minimum absolute atomic E-state index is 0.0420. The third-order valence-corrected chi connectivity index (χ3v) is 4.60. The van der Waals surface area contributed by atoms with Gasteiger partial charge in [0.2, 0.25) is 0 Å². The lowest BCUT2D eigenvalue weighted by atomic mass is 9.78. The van der Waals surface area contributed by atoms with Crippen LogP contribution in [0.2, 0.25) is 0 Å². The van der Waals surface area contributed by atoms with Crippen molar-refractivity contribution in [2.45, 2.75) is 24.8 Å². The Morgan fingerprint density at radius 3 is 3.00 bits per heavy atom. The quantitative estimate of drug-likeness (QED) is 0.783. The Balaban J connectivity index is 1.93. The molecular formula is C13H15BrN2O. The van der Waals surface area contributed by atoms with Crippen LogP contribution in [0.4, 0.5) is 4.79 Å². The minimum atomic E-state index is -0.0420. The molecule has 4 heteroatoms. The van der Waals surface area contributed by atoms with Gasteiger partial charge in [-0.25, -0.2) is 4.79 Å². The zero-order valence-corrected chi connectivity index (χ0v) is 11.4. The van der Waals surface area contributed by atoms with Crippen LogP contribution < -0.4 is 5.32 Å². The maximum absolute atomic E-state index is 11.6. The van der Waals surface area contributed by atoms with Gasteiger partial charge in [0.15, 0.2) is 0 Å². The molecule has 3 rings (SSSR count). The van der Waals surface area contributed by atoms with Crippen molar-refractivity contribution in [1.82, 2.24) is 10.2 Å². The second-order valence-corrected chi connectivity index (χ2v) is 5.98. The fraction of sp³-hybridized carbons (Fsp3) is 0.462. The van der Waals surface area contributed by atoms with Crippen LogP contribution in [0.25, 0.3) is 0 Å². The number of hydrogen-bond donors (Lipinski definition) is 1. The number of nitrogens with zero attached hydrogens (tertiary/aromatic N) is 1. The average Bonchev–Trinajstić information content (AvgIpc) is 2.54. The number of benzene rings is 1. The van der Waals surface area contributed by atoms with E-state index in [4.69, 9.17) is 0 Å². The number of hydrogen-bond acceptors (Lipinski definition) is 1. The number of halogens is 1. The third-order valence-electron chi connectivity index (χ3n) is 3.86. The number of nitrogens with one attached hydrogen (secondary N) is 1. The molecule has 1 aromatic rings. The molecule has 2 aliphatic rings. The van der Waals surface area contributed by atoms with Crippen molar-refractivity contribution in [3.05, 3.63) is 33.8 Å². The van der Waals surface area contributed by atoms with Gasteiger partial charge in [0.05, 0.1) is 5.54 Å². The Bertz CT molecular complexity index is 488. The zero-order valence-electron chi connectivity index (χ0n) is 9.79. The van der Waals surface area contributed by atoms with Gasteiger partial charge in [-0.15, -0.1) is 0 Å². The molecule has 0 bridgehead atoms. The summed E-state index contributed by atoms with van der Waals surface area (Å²) < 4.78 is 1.20. The maximum atomic E-state index is 11.6. The van der Waals surface area contributed by atoms with Gasteiger partial charge in [0.25, 0.3) is 0 Å².